The van der Waals surface area contributed by atoms with Gasteiger partial charge in [-0.2, -0.15) is 13.2 Å². The van der Waals surface area contributed by atoms with Crippen LogP contribution in [0.15, 0.2) is 47.3 Å². The smallest absolute Gasteiger partial charge is 0.325 e. The second-order valence-corrected chi connectivity index (χ2v) is 7.82. The molecule has 1 amide bonds. The van der Waals surface area contributed by atoms with E-state index in [0.717, 1.165) is 27.8 Å². The van der Waals surface area contributed by atoms with Gasteiger partial charge in [-0.25, -0.2) is 4.98 Å². The van der Waals surface area contributed by atoms with Gasteiger partial charge in [0.2, 0.25) is 11.9 Å². The first kappa shape index (κ1) is 23.3. The average Bonchev–Trinajstić information content (AvgIpc) is 2.64. The van der Waals surface area contributed by atoms with Crippen LogP contribution in [0.3, 0.4) is 0 Å². The normalized spacial score (nSPS) is 11.3. The van der Waals surface area contributed by atoms with Crippen LogP contribution in [0, 0.1) is 20.8 Å². The molecule has 0 aliphatic rings. The fourth-order valence-electron chi connectivity index (χ4n) is 3.24. The summed E-state index contributed by atoms with van der Waals surface area (Å²) >= 11 is 5.67. The number of benzene rings is 2. The Morgan fingerprint density at radius 3 is 2.34 bits per heavy atom. The van der Waals surface area contributed by atoms with Crippen LogP contribution in [-0.4, -0.2) is 15.5 Å². The number of rotatable bonds is 5. The molecule has 3 aromatic rings. The standard InChI is InChI=1S/C22H20ClF3N4O2/c1-12-6-13(2)8-16(7-12)28-21-27-14(3)9-20(32)30(21)11-19(31)29-18-5-4-15(23)10-17(18)22(24,25)26/h4-10H,11H2,1-3H3,(H,27,28)(H,29,31). The highest BCUT2D eigenvalue weighted by Crippen LogP contribution is 2.36. The van der Waals surface area contributed by atoms with Gasteiger partial charge < -0.3 is 10.6 Å². The molecular formula is C22H20ClF3N4O2. The number of carbonyl (C=O) groups is 1. The van der Waals surface area contributed by atoms with Gasteiger partial charge in [0.05, 0.1) is 11.3 Å². The molecule has 0 unspecified atom stereocenters. The molecular weight excluding hydrogens is 445 g/mol. The summed E-state index contributed by atoms with van der Waals surface area (Å²) < 4.78 is 41.0. The highest BCUT2D eigenvalue weighted by Gasteiger charge is 2.34. The molecule has 1 aromatic heterocycles. The summed E-state index contributed by atoms with van der Waals surface area (Å²) in [6.45, 7) is 4.90. The molecule has 0 bridgehead atoms. The number of nitrogens with one attached hydrogen (secondary N) is 2. The van der Waals surface area contributed by atoms with E-state index >= 15 is 0 Å². The van der Waals surface area contributed by atoms with Crippen molar-refractivity contribution in [2.45, 2.75) is 33.5 Å². The molecule has 2 N–H and O–H groups in total. The molecule has 10 heteroatoms. The molecule has 168 valence electrons. The number of hydrogen-bond acceptors (Lipinski definition) is 4. The lowest BCUT2D eigenvalue weighted by Gasteiger charge is -2.17. The Balaban J connectivity index is 1.91. The lowest BCUT2D eigenvalue weighted by atomic mass is 10.1. The van der Waals surface area contributed by atoms with E-state index in [0.29, 0.717) is 11.4 Å². The van der Waals surface area contributed by atoms with Gasteiger partial charge in [-0.3, -0.25) is 14.2 Å². The number of alkyl halides is 3. The summed E-state index contributed by atoms with van der Waals surface area (Å²) in [7, 11) is 0. The largest absolute Gasteiger partial charge is 0.418 e. The summed E-state index contributed by atoms with van der Waals surface area (Å²) in [5.74, 6) is -0.726. The predicted molar refractivity (Wildman–Crippen MR) is 118 cm³/mol. The zero-order valence-electron chi connectivity index (χ0n) is 17.5. The van der Waals surface area contributed by atoms with Gasteiger partial charge in [-0.05, 0) is 62.2 Å². The van der Waals surface area contributed by atoms with Gasteiger partial charge in [0.15, 0.2) is 0 Å². The Morgan fingerprint density at radius 1 is 1.06 bits per heavy atom. The fourth-order valence-corrected chi connectivity index (χ4v) is 3.41. The van der Waals surface area contributed by atoms with Crippen molar-refractivity contribution in [3.05, 3.63) is 80.2 Å². The zero-order valence-corrected chi connectivity index (χ0v) is 18.2. The van der Waals surface area contributed by atoms with Crippen molar-refractivity contribution in [1.29, 1.82) is 0 Å². The summed E-state index contributed by atoms with van der Waals surface area (Å²) in [6, 6.07) is 9.92. The van der Waals surface area contributed by atoms with Crippen molar-refractivity contribution in [3.63, 3.8) is 0 Å². The zero-order chi connectivity index (χ0) is 23.6. The molecule has 0 fully saturated rings. The van der Waals surface area contributed by atoms with E-state index in [2.05, 4.69) is 15.6 Å². The maximum Gasteiger partial charge on any atom is 0.418 e. The predicted octanol–water partition coefficient (Wildman–Crippen LogP) is 5.22. The molecule has 6 nitrogen and oxygen atoms in total. The molecule has 32 heavy (non-hydrogen) atoms. The van der Waals surface area contributed by atoms with Gasteiger partial charge in [0, 0.05) is 22.5 Å². The summed E-state index contributed by atoms with van der Waals surface area (Å²) in [5, 5.41) is 5.12. The summed E-state index contributed by atoms with van der Waals surface area (Å²) in [6.07, 6.45) is -4.72. The molecule has 2 aromatic carbocycles. The number of aryl methyl sites for hydroxylation is 3. The van der Waals surface area contributed by atoms with E-state index < -0.39 is 35.4 Å². The average molecular weight is 465 g/mol. The second kappa shape index (κ2) is 9.04. The number of nitrogens with zero attached hydrogens (tertiary/aromatic N) is 2. The molecule has 0 aliphatic carbocycles. The Kier molecular flexibility index (Phi) is 6.59. The Morgan fingerprint density at radius 2 is 1.72 bits per heavy atom. The molecule has 3 rings (SSSR count). The maximum atomic E-state index is 13.3. The summed E-state index contributed by atoms with van der Waals surface area (Å²) in [5.41, 5.74) is 0.988. The molecule has 0 aliphatic heterocycles. The Labute approximate surface area is 187 Å². The lowest BCUT2D eigenvalue weighted by molar-refractivity contribution is -0.137. The van der Waals surface area contributed by atoms with E-state index in [1.165, 1.54) is 12.1 Å². The van der Waals surface area contributed by atoms with Crippen LogP contribution in [0.2, 0.25) is 5.02 Å². The van der Waals surface area contributed by atoms with Crippen LogP contribution in [0.5, 0.6) is 0 Å². The van der Waals surface area contributed by atoms with Crippen molar-refractivity contribution < 1.29 is 18.0 Å². The van der Waals surface area contributed by atoms with Crippen molar-refractivity contribution in [2.75, 3.05) is 10.6 Å². The first-order valence-corrected chi connectivity index (χ1v) is 9.90. The van der Waals surface area contributed by atoms with Gasteiger partial charge >= 0.3 is 6.18 Å². The minimum atomic E-state index is -4.72. The maximum absolute atomic E-state index is 13.3. The first-order valence-electron chi connectivity index (χ1n) is 9.53. The lowest BCUT2D eigenvalue weighted by Crippen LogP contribution is -2.30. The number of halogens is 4. The van der Waals surface area contributed by atoms with E-state index in [-0.39, 0.29) is 11.0 Å². The second-order valence-electron chi connectivity index (χ2n) is 7.38. The molecule has 0 saturated heterocycles. The van der Waals surface area contributed by atoms with E-state index in [9.17, 15) is 22.8 Å². The van der Waals surface area contributed by atoms with Crippen molar-refractivity contribution in [1.82, 2.24) is 9.55 Å². The molecule has 0 saturated carbocycles. The van der Waals surface area contributed by atoms with E-state index in [1.54, 1.807) is 6.92 Å². The molecule has 0 radical (unpaired) electrons. The van der Waals surface area contributed by atoms with Gasteiger partial charge in [0.25, 0.3) is 5.56 Å². The van der Waals surface area contributed by atoms with Crippen LogP contribution < -0.4 is 16.2 Å². The third kappa shape index (κ3) is 5.67. The third-order valence-electron chi connectivity index (χ3n) is 4.48. The molecule has 0 atom stereocenters. The topological polar surface area (TPSA) is 76.0 Å². The highest BCUT2D eigenvalue weighted by molar-refractivity contribution is 6.30. The van der Waals surface area contributed by atoms with E-state index in [4.69, 9.17) is 11.6 Å². The number of hydrogen-bond donors (Lipinski definition) is 2. The van der Waals surface area contributed by atoms with Crippen LogP contribution in [-0.2, 0) is 17.5 Å². The van der Waals surface area contributed by atoms with Gasteiger partial charge in [-0.15, -0.1) is 0 Å². The van der Waals surface area contributed by atoms with Crippen molar-refractivity contribution >= 4 is 34.8 Å². The van der Waals surface area contributed by atoms with E-state index in [1.807, 2.05) is 32.0 Å². The van der Waals surface area contributed by atoms with Crippen LogP contribution in [0.25, 0.3) is 0 Å². The van der Waals surface area contributed by atoms with Gasteiger partial charge in [-0.1, -0.05) is 17.7 Å². The highest BCUT2D eigenvalue weighted by atomic mass is 35.5. The monoisotopic (exact) mass is 464 g/mol. The third-order valence-corrected chi connectivity index (χ3v) is 4.71. The number of anilines is 3. The van der Waals surface area contributed by atoms with Crippen LogP contribution in [0.4, 0.5) is 30.5 Å². The van der Waals surface area contributed by atoms with Crippen LogP contribution in [0.1, 0.15) is 22.4 Å². The minimum absolute atomic E-state index is 0.0994. The SMILES string of the molecule is Cc1cc(C)cc(Nc2nc(C)cc(=O)n2CC(=O)Nc2ccc(Cl)cc2C(F)(F)F)c1. The summed E-state index contributed by atoms with van der Waals surface area (Å²) in [4.78, 5) is 29.4. The van der Waals surface area contributed by atoms with Crippen LogP contribution >= 0.6 is 11.6 Å². The number of carbonyl (C=O) groups excluding carboxylic acids is 1. The fraction of sp³-hybridized carbons (Fsp3) is 0.227. The Bertz CT molecular complexity index is 1220. The van der Waals surface area contributed by atoms with Gasteiger partial charge in [0.1, 0.15) is 6.54 Å². The molecule has 0 spiro atoms. The number of aromatic nitrogens is 2. The quantitative estimate of drug-likeness (QED) is 0.542. The minimum Gasteiger partial charge on any atom is -0.325 e. The van der Waals surface area contributed by atoms with Crippen molar-refractivity contribution in [3.8, 4) is 0 Å². The van der Waals surface area contributed by atoms with Crippen molar-refractivity contribution in [2.24, 2.45) is 0 Å². The Hall–Kier alpha value is -3.33. The number of amides is 1. The first-order chi connectivity index (χ1) is 14.9. The molecule has 1 heterocycles.